The van der Waals surface area contributed by atoms with E-state index in [0.29, 0.717) is 25.8 Å². The van der Waals surface area contributed by atoms with Crippen LogP contribution in [0, 0.1) is 0 Å². The molecule has 1 saturated heterocycles. The van der Waals surface area contributed by atoms with E-state index < -0.39 is 0 Å². The summed E-state index contributed by atoms with van der Waals surface area (Å²) in [5.41, 5.74) is 4.57. The number of nitrogens with zero attached hydrogens (tertiary/aromatic N) is 5. The van der Waals surface area contributed by atoms with E-state index in [-0.39, 0.29) is 0 Å². The zero-order valence-electron chi connectivity index (χ0n) is 24.1. The topological polar surface area (TPSA) is 89.4 Å². The number of rotatable bonds is 12. The highest BCUT2D eigenvalue weighted by atomic mass is 35.5. The zero-order chi connectivity index (χ0) is 28.9. The molecular weight excluding hydrogens is 558 g/mol. The minimum Gasteiger partial charge on any atom is -0.381 e. The standard InChI is InChI=1S/C28H34ClN7O2.C2H6S/c1-2-14-38-20-36-27-24(19-32-28(33-27)30-10-11-35-12-15-37-16-13-35)26(34-36)21-7-5-8-23(17-21)31-18-22-6-3-4-9-25(22)29;1-3-2/h3-9,17,19,31H,2,10-16,18,20H2,1H3,(H,30,32,33);1-2H3. The molecule has 0 saturated carbocycles. The SMILES string of the molecule is CCCOCn1nc(-c2cccc(NCc3ccccc3Cl)c2)c2cnc(NCCN3CCOCC3)nc21.CSC. The first-order valence-corrected chi connectivity index (χ1v) is 16.0. The van der Waals surface area contributed by atoms with Crippen molar-refractivity contribution in [3.8, 4) is 11.3 Å². The summed E-state index contributed by atoms with van der Waals surface area (Å²) in [6.45, 7) is 8.89. The third kappa shape index (κ3) is 9.05. The summed E-state index contributed by atoms with van der Waals surface area (Å²) in [6.07, 6.45) is 6.87. The lowest BCUT2D eigenvalue weighted by Gasteiger charge is -2.26. The normalized spacial score (nSPS) is 13.6. The van der Waals surface area contributed by atoms with E-state index in [1.54, 1.807) is 11.8 Å². The molecular formula is C30H40ClN7O2S. The van der Waals surface area contributed by atoms with Gasteiger partial charge in [-0.05, 0) is 42.7 Å². The molecule has 2 aromatic carbocycles. The molecule has 41 heavy (non-hydrogen) atoms. The first-order chi connectivity index (χ1) is 20.1. The Balaban J connectivity index is 0.00000124. The molecule has 2 aromatic heterocycles. The number of ether oxygens (including phenoxy) is 2. The molecule has 1 fully saturated rings. The van der Waals surface area contributed by atoms with Crippen molar-refractivity contribution in [2.24, 2.45) is 0 Å². The number of morpholine rings is 1. The fourth-order valence-electron chi connectivity index (χ4n) is 4.41. The Morgan fingerprint density at radius 1 is 1.07 bits per heavy atom. The summed E-state index contributed by atoms with van der Waals surface area (Å²) in [5.74, 6) is 0.587. The Morgan fingerprint density at radius 3 is 2.66 bits per heavy atom. The summed E-state index contributed by atoms with van der Waals surface area (Å²) in [7, 11) is 0. The van der Waals surface area contributed by atoms with Crippen LogP contribution in [0.25, 0.3) is 22.3 Å². The average molecular weight is 598 g/mol. The maximum atomic E-state index is 6.33. The molecule has 11 heteroatoms. The molecule has 220 valence electrons. The molecule has 9 nitrogen and oxygen atoms in total. The average Bonchev–Trinajstić information content (AvgIpc) is 3.36. The van der Waals surface area contributed by atoms with Gasteiger partial charge in [0.15, 0.2) is 5.65 Å². The number of fused-ring (bicyclic) bond motifs is 1. The number of hydrogen-bond acceptors (Lipinski definition) is 9. The van der Waals surface area contributed by atoms with Gasteiger partial charge in [0.2, 0.25) is 5.95 Å². The molecule has 0 radical (unpaired) electrons. The van der Waals surface area contributed by atoms with E-state index in [9.17, 15) is 0 Å². The highest BCUT2D eigenvalue weighted by Crippen LogP contribution is 2.29. The van der Waals surface area contributed by atoms with Gasteiger partial charge in [-0.3, -0.25) is 4.90 Å². The van der Waals surface area contributed by atoms with Crippen molar-refractivity contribution in [2.45, 2.75) is 26.6 Å². The summed E-state index contributed by atoms with van der Waals surface area (Å²) in [5, 5.41) is 13.4. The number of benzene rings is 2. The van der Waals surface area contributed by atoms with Crippen molar-refractivity contribution in [3.63, 3.8) is 0 Å². The zero-order valence-corrected chi connectivity index (χ0v) is 25.7. The van der Waals surface area contributed by atoms with Crippen molar-refractivity contribution in [2.75, 3.05) is 69.1 Å². The lowest BCUT2D eigenvalue weighted by molar-refractivity contribution is 0.0398. The largest absolute Gasteiger partial charge is 0.381 e. The maximum Gasteiger partial charge on any atom is 0.224 e. The van der Waals surface area contributed by atoms with E-state index >= 15 is 0 Å². The van der Waals surface area contributed by atoms with Gasteiger partial charge >= 0.3 is 0 Å². The van der Waals surface area contributed by atoms with Gasteiger partial charge in [-0.1, -0.05) is 48.9 Å². The van der Waals surface area contributed by atoms with Crippen LogP contribution in [0.4, 0.5) is 11.6 Å². The Bertz CT molecular complexity index is 1360. The Morgan fingerprint density at radius 2 is 1.88 bits per heavy atom. The third-order valence-electron chi connectivity index (χ3n) is 6.44. The second kappa shape index (κ2) is 16.5. The van der Waals surface area contributed by atoms with E-state index in [0.717, 1.165) is 84.4 Å². The van der Waals surface area contributed by atoms with E-state index in [2.05, 4.69) is 33.5 Å². The second-order valence-corrected chi connectivity index (χ2v) is 10.9. The Hall–Kier alpha value is -2.89. The molecule has 5 rings (SSSR count). The quantitative estimate of drug-likeness (QED) is 0.195. The Kier molecular flexibility index (Phi) is 12.5. The summed E-state index contributed by atoms with van der Waals surface area (Å²) < 4.78 is 13.1. The van der Waals surface area contributed by atoms with E-state index in [4.69, 9.17) is 31.2 Å². The van der Waals surface area contributed by atoms with Crippen molar-refractivity contribution in [1.29, 1.82) is 0 Å². The highest BCUT2D eigenvalue weighted by Gasteiger charge is 2.16. The molecule has 4 aromatic rings. The van der Waals surface area contributed by atoms with Gasteiger partial charge in [-0.15, -0.1) is 0 Å². The lowest BCUT2D eigenvalue weighted by atomic mass is 10.1. The van der Waals surface area contributed by atoms with Crippen LogP contribution in [0.3, 0.4) is 0 Å². The third-order valence-corrected chi connectivity index (χ3v) is 6.81. The number of nitrogens with one attached hydrogen (secondary N) is 2. The summed E-state index contributed by atoms with van der Waals surface area (Å²) >= 11 is 8.08. The number of thioether (sulfide) groups is 1. The van der Waals surface area contributed by atoms with Crippen molar-refractivity contribution >= 4 is 46.0 Å². The molecule has 0 amide bonds. The fraction of sp³-hybridized carbons (Fsp3) is 0.433. The van der Waals surface area contributed by atoms with Crippen LogP contribution in [0.15, 0.2) is 54.7 Å². The van der Waals surface area contributed by atoms with Crippen LogP contribution >= 0.6 is 23.4 Å². The minimum absolute atomic E-state index is 0.332. The number of aromatic nitrogens is 4. The van der Waals surface area contributed by atoms with Crippen molar-refractivity contribution in [3.05, 3.63) is 65.3 Å². The summed E-state index contributed by atoms with van der Waals surface area (Å²) in [4.78, 5) is 11.8. The predicted molar refractivity (Wildman–Crippen MR) is 171 cm³/mol. The maximum absolute atomic E-state index is 6.33. The first-order valence-electron chi connectivity index (χ1n) is 14.0. The molecule has 1 aliphatic rings. The van der Waals surface area contributed by atoms with Gasteiger partial charge in [0, 0.05) is 61.8 Å². The molecule has 2 N–H and O–H groups in total. The van der Waals surface area contributed by atoms with Crippen LogP contribution < -0.4 is 10.6 Å². The molecule has 3 heterocycles. The lowest BCUT2D eigenvalue weighted by Crippen LogP contribution is -2.39. The fourth-order valence-corrected chi connectivity index (χ4v) is 4.61. The van der Waals surface area contributed by atoms with Crippen LogP contribution in [0.1, 0.15) is 18.9 Å². The van der Waals surface area contributed by atoms with Crippen molar-refractivity contribution in [1.82, 2.24) is 24.6 Å². The number of anilines is 2. The van der Waals surface area contributed by atoms with Crippen LogP contribution in [-0.4, -0.2) is 83.2 Å². The number of hydrogen-bond donors (Lipinski definition) is 2. The van der Waals surface area contributed by atoms with Gasteiger partial charge in [0.25, 0.3) is 0 Å². The molecule has 0 aliphatic carbocycles. The number of halogens is 1. The van der Waals surface area contributed by atoms with Gasteiger partial charge < -0.3 is 20.1 Å². The first kappa shape index (κ1) is 31.1. The van der Waals surface area contributed by atoms with Gasteiger partial charge in [0.05, 0.1) is 18.6 Å². The van der Waals surface area contributed by atoms with Gasteiger partial charge in [-0.25, -0.2) is 9.67 Å². The van der Waals surface area contributed by atoms with E-state index in [1.165, 1.54) is 0 Å². The molecule has 1 aliphatic heterocycles. The molecule has 0 bridgehead atoms. The van der Waals surface area contributed by atoms with E-state index in [1.807, 2.05) is 65.9 Å². The molecule has 0 atom stereocenters. The van der Waals surface area contributed by atoms with Crippen LogP contribution in [0.5, 0.6) is 0 Å². The van der Waals surface area contributed by atoms with Gasteiger partial charge in [-0.2, -0.15) is 21.8 Å². The molecule has 0 unspecified atom stereocenters. The molecule has 0 spiro atoms. The second-order valence-electron chi connectivity index (χ2n) is 9.63. The predicted octanol–water partition coefficient (Wildman–Crippen LogP) is 5.87. The van der Waals surface area contributed by atoms with Gasteiger partial charge in [0.1, 0.15) is 12.4 Å². The summed E-state index contributed by atoms with van der Waals surface area (Å²) in [6, 6.07) is 16.0. The smallest absolute Gasteiger partial charge is 0.224 e. The van der Waals surface area contributed by atoms with Crippen molar-refractivity contribution < 1.29 is 9.47 Å². The Labute approximate surface area is 252 Å². The highest BCUT2D eigenvalue weighted by molar-refractivity contribution is 7.97. The van der Waals surface area contributed by atoms with Crippen LogP contribution in [0.2, 0.25) is 5.02 Å². The minimum atomic E-state index is 0.332. The van der Waals surface area contributed by atoms with Crippen LogP contribution in [-0.2, 0) is 22.7 Å². The monoisotopic (exact) mass is 597 g/mol.